The highest BCUT2D eigenvalue weighted by molar-refractivity contribution is 5.43. The summed E-state index contributed by atoms with van der Waals surface area (Å²) in [4.78, 5) is 0. The number of methoxy groups -OCH3 is 1. The van der Waals surface area contributed by atoms with Gasteiger partial charge >= 0.3 is 0 Å². The molecule has 92 valence electrons. The van der Waals surface area contributed by atoms with Crippen molar-refractivity contribution in [3.8, 4) is 17.6 Å². The van der Waals surface area contributed by atoms with E-state index in [0.717, 1.165) is 16.9 Å². The van der Waals surface area contributed by atoms with E-state index in [0.29, 0.717) is 13.2 Å². The average Bonchev–Trinajstić information content (AvgIpc) is 2.30. The van der Waals surface area contributed by atoms with E-state index in [2.05, 4.69) is 11.8 Å². The SMILES string of the molecule is COCC(C)Oc1ccc(C#CCN)cc1C. The van der Waals surface area contributed by atoms with Crippen LogP contribution < -0.4 is 10.5 Å². The maximum Gasteiger partial charge on any atom is 0.122 e. The van der Waals surface area contributed by atoms with Crippen molar-refractivity contribution in [3.05, 3.63) is 29.3 Å². The third kappa shape index (κ3) is 4.48. The molecule has 0 bridgehead atoms. The quantitative estimate of drug-likeness (QED) is 0.805. The first-order valence-corrected chi connectivity index (χ1v) is 5.62. The van der Waals surface area contributed by atoms with Gasteiger partial charge in [-0.05, 0) is 37.6 Å². The zero-order valence-corrected chi connectivity index (χ0v) is 10.6. The molecule has 0 spiro atoms. The Labute approximate surface area is 103 Å². The Bertz CT molecular complexity index is 418. The Balaban J connectivity index is 2.75. The normalized spacial score (nSPS) is 11.5. The van der Waals surface area contributed by atoms with Gasteiger partial charge in [0.2, 0.25) is 0 Å². The van der Waals surface area contributed by atoms with Gasteiger partial charge in [-0.25, -0.2) is 0 Å². The van der Waals surface area contributed by atoms with E-state index < -0.39 is 0 Å². The molecule has 3 nitrogen and oxygen atoms in total. The smallest absolute Gasteiger partial charge is 0.122 e. The zero-order valence-electron chi connectivity index (χ0n) is 10.6. The molecule has 0 aromatic heterocycles. The molecule has 1 rings (SSSR count). The molecule has 0 aliphatic carbocycles. The lowest BCUT2D eigenvalue weighted by molar-refractivity contribution is 0.0916. The fourth-order valence-electron chi connectivity index (χ4n) is 1.50. The summed E-state index contributed by atoms with van der Waals surface area (Å²) >= 11 is 0. The van der Waals surface area contributed by atoms with Gasteiger partial charge < -0.3 is 15.2 Å². The minimum atomic E-state index is 0.0414. The van der Waals surface area contributed by atoms with Crippen molar-refractivity contribution in [2.45, 2.75) is 20.0 Å². The van der Waals surface area contributed by atoms with Gasteiger partial charge in [-0.15, -0.1) is 0 Å². The van der Waals surface area contributed by atoms with Crippen LogP contribution in [0.25, 0.3) is 0 Å². The third-order valence-corrected chi connectivity index (χ3v) is 2.24. The first-order valence-electron chi connectivity index (χ1n) is 5.62. The summed E-state index contributed by atoms with van der Waals surface area (Å²) in [5, 5.41) is 0. The Morgan fingerprint density at radius 2 is 2.18 bits per heavy atom. The predicted molar refractivity (Wildman–Crippen MR) is 69.1 cm³/mol. The zero-order chi connectivity index (χ0) is 12.7. The largest absolute Gasteiger partial charge is 0.488 e. The summed E-state index contributed by atoms with van der Waals surface area (Å²) in [5.74, 6) is 6.69. The molecule has 0 fully saturated rings. The highest BCUT2D eigenvalue weighted by atomic mass is 16.5. The van der Waals surface area contributed by atoms with Crippen LogP contribution in [0, 0.1) is 18.8 Å². The maximum absolute atomic E-state index is 5.75. The van der Waals surface area contributed by atoms with E-state index in [4.69, 9.17) is 15.2 Å². The Morgan fingerprint density at radius 3 is 2.76 bits per heavy atom. The Morgan fingerprint density at radius 1 is 1.41 bits per heavy atom. The van der Waals surface area contributed by atoms with E-state index in [-0.39, 0.29) is 6.10 Å². The summed E-state index contributed by atoms with van der Waals surface area (Å²) in [5.41, 5.74) is 7.36. The number of hydrogen-bond acceptors (Lipinski definition) is 3. The second-order valence-corrected chi connectivity index (χ2v) is 3.87. The van der Waals surface area contributed by atoms with Crippen LogP contribution in [-0.4, -0.2) is 26.4 Å². The van der Waals surface area contributed by atoms with Gasteiger partial charge in [0.05, 0.1) is 13.2 Å². The topological polar surface area (TPSA) is 44.5 Å². The van der Waals surface area contributed by atoms with Crippen molar-refractivity contribution < 1.29 is 9.47 Å². The molecule has 1 unspecified atom stereocenters. The lowest BCUT2D eigenvalue weighted by atomic mass is 10.1. The van der Waals surface area contributed by atoms with Gasteiger partial charge in [-0.1, -0.05) is 11.8 Å². The van der Waals surface area contributed by atoms with Gasteiger partial charge in [-0.2, -0.15) is 0 Å². The summed E-state index contributed by atoms with van der Waals surface area (Å²) in [6.07, 6.45) is 0.0414. The van der Waals surface area contributed by atoms with Crippen LogP contribution in [0.4, 0.5) is 0 Å². The van der Waals surface area contributed by atoms with E-state index in [1.165, 1.54) is 0 Å². The van der Waals surface area contributed by atoms with Gasteiger partial charge in [-0.3, -0.25) is 0 Å². The van der Waals surface area contributed by atoms with Gasteiger partial charge in [0.15, 0.2) is 0 Å². The molecule has 0 saturated heterocycles. The van der Waals surface area contributed by atoms with Crippen molar-refractivity contribution in [1.29, 1.82) is 0 Å². The van der Waals surface area contributed by atoms with E-state index >= 15 is 0 Å². The predicted octanol–water partition coefficient (Wildman–Crippen LogP) is 1.72. The number of hydrogen-bond donors (Lipinski definition) is 1. The van der Waals surface area contributed by atoms with Crippen LogP contribution in [0.5, 0.6) is 5.75 Å². The van der Waals surface area contributed by atoms with E-state index in [9.17, 15) is 0 Å². The lowest BCUT2D eigenvalue weighted by Gasteiger charge is -2.15. The molecule has 0 aliphatic rings. The Hall–Kier alpha value is -1.50. The number of benzene rings is 1. The van der Waals surface area contributed by atoms with Gasteiger partial charge in [0.1, 0.15) is 11.9 Å². The second kappa shape index (κ2) is 6.95. The van der Waals surface area contributed by atoms with E-state index in [1.807, 2.05) is 32.0 Å². The van der Waals surface area contributed by atoms with Crippen molar-refractivity contribution in [2.24, 2.45) is 5.73 Å². The van der Waals surface area contributed by atoms with Crippen LogP contribution in [0.1, 0.15) is 18.1 Å². The molecular weight excluding hydrogens is 214 g/mol. The molecule has 1 atom stereocenters. The highest BCUT2D eigenvalue weighted by Crippen LogP contribution is 2.20. The van der Waals surface area contributed by atoms with Crippen LogP contribution in [0.2, 0.25) is 0 Å². The van der Waals surface area contributed by atoms with Crippen LogP contribution in [-0.2, 0) is 4.74 Å². The van der Waals surface area contributed by atoms with Gasteiger partial charge in [0, 0.05) is 12.7 Å². The molecule has 17 heavy (non-hydrogen) atoms. The monoisotopic (exact) mass is 233 g/mol. The van der Waals surface area contributed by atoms with Crippen LogP contribution >= 0.6 is 0 Å². The minimum Gasteiger partial charge on any atom is -0.488 e. The lowest BCUT2D eigenvalue weighted by Crippen LogP contribution is -2.18. The summed E-state index contributed by atoms with van der Waals surface area (Å²) in [6.45, 7) is 4.93. The number of aryl methyl sites for hydroxylation is 1. The summed E-state index contributed by atoms with van der Waals surface area (Å²) < 4.78 is 10.8. The molecule has 3 heteroatoms. The number of ether oxygens (including phenoxy) is 2. The number of nitrogens with two attached hydrogens (primary N) is 1. The van der Waals surface area contributed by atoms with Gasteiger partial charge in [0.25, 0.3) is 0 Å². The minimum absolute atomic E-state index is 0.0414. The van der Waals surface area contributed by atoms with Crippen LogP contribution in [0.15, 0.2) is 18.2 Å². The average molecular weight is 233 g/mol. The molecule has 1 aromatic carbocycles. The standard InChI is InChI=1S/C14H19NO2/c1-11-9-13(5-4-8-15)6-7-14(11)17-12(2)10-16-3/h6-7,9,12H,8,10,15H2,1-3H3. The molecule has 1 aromatic rings. The molecule has 0 radical (unpaired) electrons. The van der Waals surface area contributed by atoms with Crippen molar-refractivity contribution in [3.63, 3.8) is 0 Å². The first kappa shape index (κ1) is 13.6. The fourth-order valence-corrected chi connectivity index (χ4v) is 1.50. The maximum atomic E-state index is 5.75. The number of rotatable bonds is 4. The summed E-state index contributed by atoms with van der Waals surface area (Å²) in [7, 11) is 1.66. The second-order valence-electron chi connectivity index (χ2n) is 3.87. The summed E-state index contributed by atoms with van der Waals surface area (Å²) in [6, 6.07) is 5.87. The molecule has 0 aliphatic heterocycles. The van der Waals surface area contributed by atoms with Crippen molar-refractivity contribution in [2.75, 3.05) is 20.3 Å². The third-order valence-electron chi connectivity index (χ3n) is 2.24. The highest BCUT2D eigenvalue weighted by Gasteiger charge is 2.06. The van der Waals surface area contributed by atoms with Crippen molar-refractivity contribution >= 4 is 0 Å². The van der Waals surface area contributed by atoms with Crippen molar-refractivity contribution in [1.82, 2.24) is 0 Å². The van der Waals surface area contributed by atoms with E-state index in [1.54, 1.807) is 7.11 Å². The van der Waals surface area contributed by atoms with Crippen LogP contribution in [0.3, 0.4) is 0 Å². The Kier molecular flexibility index (Phi) is 5.55. The first-order chi connectivity index (χ1) is 8.17. The molecule has 2 N–H and O–H groups in total. The fraction of sp³-hybridized carbons (Fsp3) is 0.429. The molecule has 0 heterocycles. The molecule has 0 saturated carbocycles. The molecular formula is C14H19NO2. The molecule has 0 amide bonds.